The van der Waals surface area contributed by atoms with Gasteiger partial charge in [0.2, 0.25) is 0 Å². The van der Waals surface area contributed by atoms with Crippen molar-refractivity contribution >= 4 is 25.1 Å². The van der Waals surface area contributed by atoms with E-state index in [1.54, 1.807) is 0 Å². The van der Waals surface area contributed by atoms with Crippen molar-refractivity contribution in [3.05, 3.63) is 60.7 Å². The molecule has 0 unspecified atom stereocenters. The maximum atomic E-state index is 9.48. The predicted octanol–water partition coefficient (Wildman–Crippen LogP) is 0.918. The second kappa shape index (κ2) is 8.23. The van der Waals surface area contributed by atoms with Gasteiger partial charge in [0.05, 0.1) is 0 Å². The molecule has 0 saturated carbocycles. The molecule has 0 saturated heterocycles. The lowest BCUT2D eigenvalue weighted by Crippen LogP contribution is -2.45. The minimum Gasteiger partial charge on any atom is -0.481 e. The molecule has 99 valence electrons. The van der Waals surface area contributed by atoms with Crippen molar-refractivity contribution in [1.82, 2.24) is 0 Å². The summed E-state index contributed by atoms with van der Waals surface area (Å²) in [5.74, 6) is -0.833. The van der Waals surface area contributed by atoms with Gasteiger partial charge in [-0.3, -0.25) is 4.79 Å². The first-order chi connectivity index (χ1) is 9.15. The highest BCUT2D eigenvalue weighted by Crippen LogP contribution is 1.91. The third-order valence-corrected chi connectivity index (χ3v) is 4.78. The summed E-state index contributed by atoms with van der Waals surface area (Å²) in [5, 5.41) is 19.4. The largest absolute Gasteiger partial charge is 0.481 e. The summed E-state index contributed by atoms with van der Waals surface area (Å²) in [4.78, 5) is 9.00. The van der Waals surface area contributed by atoms with Gasteiger partial charge in [-0.25, -0.2) is 0 Å². The molecule has 0 bridgehead atoms. The Bertz CT molecular complexity index is 442. The van der Waals surface area contributed by atoms with Gasteiger partial charge in [-0.2, -0.15) is 0 Å². The van der Waals surface area contributed by atoms with Crippen molar-refractivity contribution < 1.29 is 15.0 Å². The maximum absolute atomic E-state index is 9.48. The zero-order chi connectivity index (χ0) is 14.1. The van der Waals surface area contributed by atoms with Crippen LogP contribution in [0.25, 0.3) is 0 Å². The molecule has 3 nitrogen and oxygen atoms in total. The van der Waals surface area contributed by atoms with E-state index in [1.807, 2.05) is 36.4 Å². The zero-order valence-corrected chi connectivity index (χ0v) is 11.8. The van der Waals surface area contributed by atoms with Crippen LogP contribution in [0.3, 0.4) is 0 Å². The van der Waals surface area contributed by atoms with Crippen molar-refractivity contribution in [1.29, 1.82) is 0 Å². The van der Waals surface area contributed by atoms with E-state index in [1.165, 1.54) is 10.4 Å². The summed E-state index contributed by atoms with van der Waals surface area (Å²) >= 11 is 0. The third-order valence-electron chi connectivity index (χ3n) is 2.40. The van der Waals surface area contributed by atoms with Crippen LogP contribution in [0, 0.1) is 0 Å². The van der Waals surface area contributed by atoms with Crippen LogP contribution in [0.5, 0.6) is 0 Å². The van der Waals surface area contributed by atoms with E-state index in [-0.39, 0.29) is 6.23 Å². The van der Waals surface area contributed by atoms with E-state index in [0.717, 1.165) is 6.92 Å². The minimum absolute atomic E-state index is 0.249. The molecule has 0 aromatic heterocycles. The molecule has 0 spiro atoms. The minimum atomic E-state index is -0.984. The van der Waals surface area contributed by atoms with Gasteiger partial charge >= 0.3 is 0 Å². The molecule has 0 aliphatic carbocycles. The normalized spacial score (nSPS) is 9.63. The van der Waals surface area contributed by atoms with Gasteiger partial charge < -0.3 is 10.2 Å². The molecule has 2 rings (SSSR count). The number of aliphatic hydroxyl groups is 1. The van der Waals surface area contributed by atoms with Gasteiger partial charge in [-0.1, -0.05) is 71.0 Å². The Hall–Kier alpha value is -1.91. The SMILES string of the molecule is CC(=O)O.OC[Si](c1ccccc1)c1ccccc1. The Kier molecular flexibility index (Phi) is 6.56. The molecule has 0 heterocycles. The first-order valence-corrected chi connectivity index (χ1v) is 7.63. The highest BCUT2D eigenvalue weighted by atomic mass is 28.3. The topological polar surface area (TPSA) is 57.5 Å². The molecule has 0 fully saturated rings. The third kappa shape index (κ3) is 5.50. The highest BCUT2D eigenvalue weighted by Gasteiger charge is 2.14. The fraction of sp³-hybridized carbons (Fsp3) is 0.133. The highest BCUT2D eigenvalue weighted by molar-refractivity contribution is 6.85. The number of benzene rings is 2. The second-order valence-corrected chi connectivity index (χ2v) is 6.32. The van der Waals surface area contributed by atoms with Crippen LogP contribution < -0.4 is 10.4 Å². The molecule has 2 aromatic carbocycles. The van der Waals surface area contributed by atoms with Crippen molar-refractivity contribution in [3.8, 4) is 0 Å². The first kappa shape index (κ1) is 15.1. The van der Waals surface area contributed by atoms with E-state index in [4.69, 9.17) is 9.90 Å². The number of hydrogen-bond acceptors (Lipinski definition) is 2. The summed E-state index contributed by atoms with van der Waals surface area (Å²) in [6.07, 6.45) is 0.249. The van der Waals surface area contributed by atoms with Gasteiger partial charge in [0.1, 0.15) is 8.80 Å². The Labute approximate surface area is 114 Å². The van der Waals surface area contributed by atoms with E-state index in [2.05, 4.69) is 24.3 Å². The molecule has 4 heteroatoms. The molecule has 19 heavy (non-hydrogen) atoms. The summed E-state index contributed by atoms with van der Waals surface area (Å²) in [6.45, 7) is 1.08. The molecule has 0 atom stereocenters. The van der Waals surface area contributed by atoms with Crippen LogP contribution in [0.4, 0.5) is 0 Å². The number of aliphatic hydroxyl groups excluding tert-OH is 1. The monoisotopic (exact) mass is 273 g/mol. The van der Waals surface area contributed by atoms with Crippen molar-refractivity contribution in [3.63, 3.8) is 0 Å². The van der Waals surface area contributed by atoms with Gasteiger partial charge in [-0.15, -0.1) is 0 Å². The van der Waals surface area contributed by atoms with Gasteiger partial charge in [0, 0.05) is 13.2 Å². The van der Waals surface area contributed by atoms with Gasteiger partial charge in [0.15, 0.2) is 0 Å². The smallest absolute Gasteiger partial charge is 0.300 e. The average molecular weight is 273 g/mol. The standard InChI is InChI=1S/C13H13OSi.C2H4O2/c14-11-15(12-7-3-1-4-8-12)13-9-5-2-6-10-13;1-2(3)4/h1-10,14H,11H2;1H3,(H,3,4). The van der Waals surface area contributed by atoms with Crippen LogP contribution >= 0.6 is 0 Å². The summed E-state index contributed by atoms with van der Waals surface area (Å²) < 4.78 is 0. The summed E-state index contributed by atoms with van der Waals surface area (Å²) in [5.41, 5.74) is 0. The summed E-state index contributed by atoms with van der Waals surface area (Å²) in [7, 11) is -0.984. The van der Waals surface area contributed by atoms with Gasteiger partial charge in [0.25, 0.3) is 5.97 Å². The molecular formula is C15H17O3Si. The van der Waals surface area contributed by atoms with E-state index < -0.39 is 14.8 Å². The summed E-state index contributed by atoms with van der Waals surface area (Å²) in [6, 6.07) is 20.5. The van der Waals surface area contributed by atoms with Crippen molar-refractivity contribution in [2.75, 3.05) is 6.23 Å². The second-order valence-electron chi connectivity index (χ2n) is 3.89. The molecule has 1 radical (unpaired) electrons. The Morgan fingerprint density at radius 1 is 0.947 bits per heavy atom. The lowest BCUT2D eigenvalue weighted by atomic mass is 10.4. The predicted molar refractivity (Wildman–Crippen MR) is 78.3 cm³/mol. The number of carbonyl (C=O) groups is 1. The Morgan fingerprint density at radius 2 is 1.26 bits per heavy atom. The number of hydrogen-bond donors (Lipinski definition) is 2. The lowest BCUT2D eigenvalue weighted by molar-refractivity contribution is -0.134. The van der Waals surface area contributed by atoms with E-state index in [9.17, 15) is 5.11 Å². The van der Waals surface area contributed by atoms with E-state index >= 15 is 0 Å². The Balaban J connectivity index is 0.000000399. The fourth-order valence-electron chi connectivity index (χ4n) is 1.63. The zero-order valence-electron chi connectivity index (χ0n) is 10.8. The quantitative estimate of drug-likeness (QED) is 0.818. The van der Waals surface area contributed by atoms with Crippen LogP contribution in [-0.4, -0.2) is 31.2 Å². The number of rotatable bonds is 3. The fourth-order valence-corrected chi connectivity index (χ4v) is 3.52. The maximum Gasteiger partial charge on any atom is 0.300 e. The van der Waals surface area contributed by atoms with Crippen LogP contribution in [0.15, 0.2) is 60.7 Å². The number of carboxylic acid groups (broad SMARTS) is 1. The number of carboxylic acids is 1. The number of aliphatic carboxylic acids is 1. The van der Waals surface area contributed by atoms with E-state index in [0.29, 0.717) is 0 Å². The molecule has 0 amide bonds. The molecule has 2 aromatic rings. The first-order valence-electron chi connectivity index (χ1n) is 5.92. The van der Waals surface area contributed by atoms with Crippen LogP contribution in [0.1, 0.15) is 6.92 Å². The molecule has 0 aliphatic rings. The van der Waals surface area contributed by atoms with Crippen molar-refractivity contribution in [2.45, 2.75) is 6.92 Å². The average Bonchev–Trinajstić information content (AvgIpc) is 2.41. The van der Waals surface area contributed by atoms with Crippen LogP contribution in [0.2, 0.25) is 0 Å². The molecule has 0 aliphatic heterocycles. The molecule has 2 N–H and O–H groups in total. The lowest BCUT2D eigenvalue weighted by Gasteiger charge is -2.12. The van der Waals surface area contributed by atoms with Crippen LogP contribution in [-0.2, 0) is 4.79 Å². The molecular weight excluding hydrogens is 256 g/mol. The Morgan fingerprint density at radius 3 is 1.53 bits per heavy atom. The van der Waals surface area contributed by atoms with Gasteiger partial charge in [-0.05, 0) is 0 Å². The van der Waals surface area contributed by atoms with Crippen molar-refractivity contribution in [2.24, 2.45) is 0 Å².